The number of rotatable bonds is 4. The molecule has 1 aliphatic carbocycles. The van der Waals surface area contributed by atoms with Crippen molar-refractivity contribution in [2.24, 2.45) is 5.92 Å². The zero-order valence-electron chi connectivity index (χ0n) is 9.77. The first-order valence-electron chi connectivity index (χ1n) is 5.97. The largest absolute Gasteiger partial charge is 0.382 e. The Balaban J connectivity index is 1.97. The van der Waals surface area contributed by atoms with Crippen LogP contribution in [-0.4, -0.2) is 6.04 Å². The van der Waals surface area contributed by atoms with Gasteiger partial charge in [-0.2, -0.15) is 0 Å². The van der Waals surface area contributed by atoms with Crippen LogP contribution in [0.25, 0.3) is 0 Å². The second kappa shape index (κ2) is 4.98. The first-order valence-corrected chi connectivity index (χ1v) is 5.97. The summed E-state index contributed by atoms with van der Waals surface area (Å²) in [7, 11) is 0. The van der Waals surface area contributed by atoms with Gasteiger partial charge in [0, 0.05) is 23.9 Å². The maximum absolute atomic E-state index is 13.0. The summed E-state index contributed by atoms with van der Waals surface area (Å²) in [6.07, 6.45) is 4.73. The molecule has 2 rings (SSSR count). The lowest BCUT2D eigenvalue weighted by Gasteiger charge is -2.28. The third-order valence-electron chi connectivity index (χ3n) is 3.31. The van der Waals surface area contributed by atoms with Crippen LogP contribution < -0.4 is 5.32 Å². The zero-order chi connectivity index (χ0) is 12.4. The van der Waals surface area contributed by atoms with Gasteiger partial charge in [0.2, 0.25) is 0 Å². The van der Waals surface area contributed by atoms with Crippen LogP contribution in [0.3, 0.4) is 0 Å². The van der Waals surface area contributed by atoms with E-state index in [1.807, 2.05) is 6.92 Å². The Morgan fingerprint density at radius 1 is 1.24 bits per heavy atom. The van der Waals surface area contributed by atoms with Crippen LogP contribution >= 0.6 is 0 Å². The predicted octanol–water partition coefficient (Wildman–Crippen LogP) is 4.09. The Labute approximate surface area is 99.0 Å². The summed E-state index contributed by atoms with van der Waals surface area (Å²) in [5.74, 6) is -3.00. The maximum Gasteiger partial charge on any atom is 0.194 e. The summed E-state index contributed by atoms with van der Waals surface area (Å²) in [5, 5.41) is 3.00. The van der Waals surface area contributed by atoms with Crippen LogP contribution in [0, 0.1) is 23.4 Å². The van der Waals surface area contributed by atoms with Crippen molar-refractivity contribution in [2.45, 2.75) is 38.6 Å². The van der Waals surface area contributed by atoms with Crippen molar-refractivity contribution >= 4 is 5.69 Å². The minimum Gasteiger partial charge on any atom is -0.382 e. The molecule has 94 valence electrons. The fourth-order valence-electron chi connectivity index (χ4n) is 2.21. The number of hydrogen-bond acceptors (Lipinski definition) is 1. The number of anilines is 1. The molecule has 0 spiro atoms. The van der Waals surface area contributed by atoms with Crippen molar-refractivity contribution in [2.75, 3.05) is 5.32 Å². The van der Waals surface area contributed by atoms with Gasteiger partial charge in [-0.1, -0.05) is 19.3 Å². The Morgan fingerprint density at radius 2 is 1.82 bits per heavy atom. The van der Waals surface area contributed by atoms with Crippen LogP contribution in [0.1, 0.15) is 32.6 Å². The monoisotopic (exact) mass is 243 g/mol. The van der Waals surface area contributed by atoms with Gasteiger partial charge in [0.05, 0.1) is 0 Å². The lowest BCUT2D eigenvalue weighted by atomic mass is 9.81. The molecule has 17 heavy (non-hydrogen) atoms. The van der Waals surface area contributed by atoms with E-state index in [0.717, 1.165) is 18.6 Å². The molecule has 0 bridgehead atoms. The molecule has 0 aromatic heterocycles. The molecule has 1 unspecified atom stereocenters. The molecule has 0 aliphatic heterocycles. The zero-order valence-corrected chi connectivity index (χ0v) is 9.77. The van der Waals surface area contributed by atoms with Crippen molar-refractivity contribution in [3.63, 3.8) is 0 Å². The summed E-state index contributed by atoms with van der Waals surface area (Å²) >= 11 is 0. The van der Waals surface area contributed by atoms with Gasteiger partial charge < -0.3 is 5.32 Å². The molecule has 0 radical (unpaired) electrons. The van der Waals surface area contributed by atoms with Gasteiger partial charge >= 0.3 is 0 Å². The highest BCUT2D eigenvalue weighted by Gasteiger charge is 2.20. The normalized spacial score (nSPS) is 17.6. The van der Waals surface area contributed by atoms with Crippen molar-refractivity contribution < 1.29 is 13.2 Å². The van der Waals surface area contributed by atoms with Crippen molar-refractivity contribution in [3.8, 4) is 0 Å². The van der Waals surface area contributed by atoms with Gasteiger partial charge in [-0.25, -0.2) is 13.2 Å². The lowest BCUT2D eigenvalue weighted by molar-refractivity contribution is 0.286. The molecule has 1 aromatic carbocycles. The molecule has 1 fully saturated rings. The van der Waals surface area contributed by atoms with E-state index in [1.54, 1.807) is 0 Å². The molecule has 1 aromatic rings. The molecule has 1 atom stereocenters. The van der Waals surface area contributed by atoms with E-state index in [1.165, 1.54) is 19.3 Å². The third-order valence-corrected chi connectivity index (χ3v) is 3.31. The summed E-state index contributed by atoms with van der Waals surface area (Å²) in [4.78, 5) is 0. The molecule has 1 nitrogen and oxygen atoms in total. The van der Waals surface area contributed by atoms with Crippen LogP contribution in [0.4, 0.5) is 18.9 Å². The van der Waals surface area contributed by atoms with Gasteiger partial charge in [0.25, 0.3) is 0 Å². The van der Waals surface area contributed by atoms with Crippen molar-refractivity contribution in [3.05, 3.63) is 29.6 Å². The number of halogens is 3. The highest BCUT2D eigenvalue weighted by Crippen LogP contribution is 2.31. The van der Waals surface area contributed by atoms with E-state index in [-0.39, 0.29) is 6.04 Å². The second-order valence-corrected chi connectivity index (χ2v) is 4.83. The SMILES string of the molecule is CC(CC1CCC1)Nc1cc(F)c(F)c(F)c1. The maximum atomic E-state index is 13.0. The van der Waals surface area contributed by atoms with Crippen LogP contribution in [0.2, 0.25) is 0 Å². The minimum absolute atomic E-state index is 0.143. The quantitative estimate of drug-likeness (QED) is 0.785. The lowest BCUT2D eigenvalue weighted by Crippen LogP contribution is -2.23. The van der Waals surface area contributed by atoms with E-state index < -0.39 is 17.5 Å². The minimum atomic E-state index is -1.41. The summed E-state index contributed by atoms with van der Waals surface area (Å²) < 4.78 is 38.7. The van der Waals surface area contributed by atoms with E-state index in [9.17, 15) is 13.2 Å². The summed E-state index contributed by atoms with van der Waals surface area (Å²) in [6.45, 7) is 1.97. The Hall–Kier alpha value is -1.19. The molecule has 1 saturated carbocycles. The number of hydrogen-bond donors (Lipinski definition) is 1. The van der Waals surface area contributed by atoms with Crippen LogP contribution in [0.5, 0.6) is 0 Å². The van der Waals surface area contributed by atoms with Gasteiger partial charge in [-0.15, -0.1) is 0 Å². The smallest absolute Gasteiger partial charge is 0.194 e. The topological polar surface area (TPSA) is 12.0 Å². The Kier molecular flexibility index (Phi) is 3.60. The third kappa shape index (κ3) is 2.93. The highest BCUT2D eigenvalue weighted by atomic mass is 19.2. The Morgan fingerprint density at radius 3 is 2.29 bits per heavy atom. The predicted molar refractivity (Wildman–Crippen MR) is 61.4 cm³/mol. The molecule has 1 aliphatic rings. The van der Waals surface area contributed by atoms with Gasteiger partial charge in [0.15, 0.2) is 17.5 Å². The van der Waals surface area contributed by atoms with Crippen molar-refractivity contribution in [1.82, 2.24) is 0 Å². The van der Waals surface area contributed by atoms with Crippen LogP contribution in [-0.2, 0) is 0 Å². The second-order valence-electron chi connectivity index (χ2n) is 4.83. The first kappa shape index (κ1) is 12.3. The average Bonchev–Trinajstić information content (AvgIpc) is 2.20. The van der Waals surface area contributed by atoms with Gasteiger partial charge in [-0.3, -0.25) is 0 Å². The molecular weight excluding hydrogens is 227 g/mol. The number of benzene rings is 1. The fourth-order valence-corrected chi connectivity index (χ4v) is 2.21. The van der Waals surface area contributed by atoms with Gasteiger partial charge in [-0.05, 0) is 19.3 Å². The number of nitrogens with one attached hydrogen (secondary N) is 1. The molecule has 4 heteroatoms. The highest BCUT2D eigenvalue weighted by molar-refractivity contribution is 5.44. The molecular formula is C13H16F3N. The van der Waals surface area contributed by atoms with E-state index >= 15 is 0 Å². The summed E-state index contributed by atoms with van der Waals surface area (Å²) in [5.41, 5.74) is 0.299. The van der Waals surface area contributed by atoms with E-state index in [2.05, 4.69) is 5.32 Å². The van der Waals surface area contributed by atoms with E-state index in [4.69, 9.17) is 0 Å². The molecule has 0 amide bonds. The van der Waals surface area contributed by atoms with E-state index in [0.29, 0.717) is 11.6 Å². The summed E-state index contributed by atoms with van der Waals surface area (Å²) in [6, 6.07) is 2.13. The van der Waals surface area contributed by atoms with Crippen molar-refractivity contribution in [1.29, 1.82) is 0 Å². The first-order chi connectivity index (χ1) is 8.06. The average molecular weight is 243 g/mol. The molecule has 1 N–H and O–H groups in total. The standard InChI is InChI=1S/C13H16F3N/c1-8(5-9-3-2-4-9)17-10-6-11(14)13(16)12(15)7-10/h6-9,17H,2-5H2,1H3. The molecule has 0 heterocycles. The van der Waals surface area contributed by atoms with Gasteiger partial charge in [0.1, 0.15) is 0 Å². The van der Waals surface area contributed by atoms with Crippen LogP contribution in [0.15, 0.2) is 12.1 Å². The molecule has 0 saturated heterocycles. The fraction of sp³-hybridized carbons (Fsp3) is 0.538. The Bertz CT molecular complexity index is 379.